The molecular formula is C26H33N5O7S2. The fourth-order valence-corrected chi connectivity index (χ4v) is 6.60. The topological polar surface area (TPSA) is 151 Å². The molecule has 12 nitrogen and oxygen atoms in total. The Bertz CT molecular complexity index is 1580. The SMILES string of the molecule is C[C@H]1CN([C@@H](C)CO)C(=O)c2cc(NS(=O)(=O)c3cn(C)cn3)ccc2O[C@@H]1CN(C)S(=O)(=O)c1ccccc1. The molecule has 1 aromatic heterocycles. The number of carbonyl (C=O) groups excluding carboxylic acids is 1. The van der Waals surface area contributed by atoms with Crippen LogP contribution >= 0.6 is 0 Å². The number of aromatic nitrogens is 2. The van der Waals surface area contributed by atoms with Gasteiger partial charge in [0.05, 0.1) is 36.0 Å². The van der Waals surface area contributed by atoms with E-state index >= 15 is 0 Å². The zero-order valence-electron chi connectivity index (χ0n) is 22.6. The number of likely N-dealkylation sites (N-methyl/N-ethyl adjacent to an activating group) is 1. The summed E-state index contributed by atoms with van der Waals surface area (Å²) in [5.41, 5.74) is 0.193. The molecule has 0 bridgehead atoms. The number of benzene rings is 2. The molecule has 4 rings (SSSR count). The molecule has 1 aliphatic rings. The van der Waals surface area contributed by atoms with Crippen LogP contribution in [-0.4, -0.2) is 85.5 Å². The average Bonchev–Trinajstić information content (AvgIpc) is 3.38. The Labute approximate surface area is 234 Å². The van der Waals surface area contributed by atoms with Crippen molar-refractivity contribution in [2.45, 2.75) is 35.9 Å². The van der Waals surface area contributed by atoms with Gasteiger partial charge in [-0.05, 0) is 37.3 Å². The highest BCUT2D eigenvalue weighted by atomic mass is 32.2. The van der Waals surface area contributed by atoms with Gasteiger partial charge in [0.15, 0.2) is 5.03 Å². The maximum Gasteiger partial charge on any atom is 0.280 e. The van der Waals surface area contributed by atoms with Gasteiger partial charge < -0.3 is 19.3 Å². The van der Waals surface area contributed by atoms with E-state index in [0.29, 0.717) is 0 Å². The van der Waals surface area contributed by atoms with E-state index in [9.17, 15) is 26.7 Å². The minimum absolute atomic E-state index is 0.0125. The van der Waals surface area contributed by atoms with Crippen LogP contribution < -0.4 is 9.46 Å². The van der Waals surface area contributed by atoms with Crippen LogP contribution in [0.4, 0.5) is 5.69 Å². The quantitative estimate of drug-likeness (QED) is 0.382. The Hall–Kier alpha value is -3.46. The highest BCUT2D eigenvalue weighted by molar-refractivity contribution is 7.92. The van der Waals surface area contributed by atoms with Crippen molar-refractivity contribution in [3.63, 3.8) is 0 Å². The van der Waals surface area contributed by atoms with Crippen molar-refractivity contribution in [2.24, 2.45) is 13.0 Å². The number of aryl methyl sites for hydroxylation is 1. The molecule has 0 radical (unpaired) electrons. The molecule has 3 aromatic rings. The summed E-state index contributed by atoms with van der Waals surface area (Å²) in [4.78, 5) is 19.1. The van der Waals surface area contributed by atoms with Crippen molar-refractivity contribution in [1.29, 1.82) is 0 Å². The first-order valence-corrected chi connectivity index (χ1v) is 15.5. The summed E-state index contributed by atoms with van der Waals surface area (Å²) in [6.07, 6.45) is 2.04. The monoisotopic (exact) mass is 591 g/mol. The number of carbonyl (C=O) groups is 1. The van der Waals surface area contributed by atoms with Gasteiger partial charge in [0.1, 0.15) is 11.9 Å². The number of rotatable bonds is 9. The van der Waals surface area contributed by atoms with Gasteiger partial charge in [-0.15, -0.1) is 0 Å². The number of nitrogens with zero attached hydrogens (tertiary/aromatic N) is 4. The van der Waals surface area contributed by atoms with Crippen molar-refractivity contribution in [3.8, 4) is 5.75 Å². The van der Waals surface area contributed by atoms with Crippen LogP contribution in [0.15, 0.2) is 71.0 Å². The standard InChI is InChI=1S/C26H33N5O7S2/c1-18-13-31(19(2)16-32)26(33)22-12-20(28-39(34,35)25-15-29(3)17-27-25)10-11-23(22)38-24(18)14-30(4)40(36,37)21-8-6-5-7-9-21/h5-12,15,17-19,24,28,32H,13-14,16H2,1-4H3/t18-,19-,24+/m0/s1. The van der Waals surface area contributed by atoms with Gasteiger partial charge in [0, 0.05) is 38.4 Å². The van der Waals surface area contributed by atoms with Gasteiger partial charge in [-0.2, -0.15) is 12.7 Å². The van der Waals surface area contributed by atoms with Crippen molar-refractivity contribution < 1.29 is 31.5 Å². The molecule has 14 heteroatoms. The van der Waals surface area contributed by atoms with E-state index in [2.05, 4.69) is 9.71 Å². The van der Waals surface area contributed by atoms with E-state index in [-0.39, 0.29) is 52.5 Å². The van der Waals surface area contributed by atoms with Gasteiger partial charge in [-0.3, -0.25) is 9.52 Å². The van der Waals surface area contributed by atoms with Gasteiger partial charge in [0.25, 0.3) is 15.9 Å². The van der Waals surface area contributed by atoms with Crippen LogP contribution in [0, 0.1) is 5.92 Å². The number of imidazole rings is 1. The number of fused-ring (bicyclic) bond motifs is 1. The highest BCUT2D eigenvalue weighted by Crippen LogP contribution is 2.31. The Balaban J connectivity index is 1.68. The third kappa shape index (κ3) is 6.14. The Morgan fingerprint density at radius 1 is 1.18 bits per heavy atom. The second-order valence-corrected chi connectivity index (χ2v) is 13.6. The Morgan fingerprint density at radius 2 is 1.88 bits per heavy atom. The summed E-state index contributed by atoms with van der Waals surface area (Å²) in [6.45, 7) is 3.41. The third-order valence-corrected chi connectivity index (χ3v) is 9.87. The van der Waals surface area contributed by atoms with Crippen molar-refractivity contribution in [1.82, 2.24) is 18.8 Å². The van der Waals surface area contributed by atoms with E-state index in [1.54, 1.807) is 32.2 Å². The van der Waals surface area contributed by atoms with Crippen LogP contribution in [0.2, 0.25) is 0 Å². The zero-order chi connectivity index (χ0) is 29.2. The summed E-state index contributed by atoms with van der Waals surface area (Å²) in [7, 11) is -4.73. The van der Waals surface area contributed by atoms with Crippen LogP contribution in [0.5, 0.6) is 5.75 Å². The molecule has 0 saturated carbocycles. The van der Waals surface area contributed by atoms with E-state index < -0.39 is 38.1 Å². The second kappa shape index (κ2) is 11.6. The van der Waals surface area contributed by atoms with Gasteiger partial charge in [-0.25, -0.2) is 13.4 Å². The van der Waals surface area contributed by atoms with E-state index in [1.807, 2.05) is 6.92 Å². The number of sulfonamides is 2. The molecule has 3 atom stereocenters. The summed E-state index contributed by atoms with van der Waals surface area (Å²) < 4.78 is 63.4. The number of nitrogens with one attached hydrogen (secondary N) is 1. The molecule has 216 valence electrons. The zero-order valence-corrected chi connectivity index (χ0v) is 24.3. The van der Waals surface area contributed by atoms with Crippen molar-refractivity contribution in [2.75, 3.05) is 31.5 Å². The minimum atomic E-state index is -4.03. The molecule has 0 aliphatic carbocycles. The van der Waals surface area contributed by atoms with Gasteiger partial charge in [-0.1, -0.05) is 25.1 Å². The molecule has 2 N–H and O–H groups in total. The molecule has 2 aromatic carbocycles. The largest absolute Gasteiger partial charge is 0.488 e. The first-order valence-electron chi connectivity index (χ1n) is 12.6. The summed E-state index contributed by atoms with van der Waals surface area (Å²) >= 11 is 0. The van der Waals surface area contributed by atoms with Crippen LogP contribution in [0.25, 0.3) is 0 Å². The van der Waals surface area contributed by atoms with Crippen molar-refractivity contribution in [3.05, 3.63) is 66.6 Å². The second-order valence-electron chi connectivity index (χ2n) is 9.92. The maximum absolute atomic E-state index is 13.6. The van der Waals surface area contributed by atoms with E-state index in [4.69, 9.17) is 4.74 Å². The molecular weight excluding hydrogens is 558 g/mol. The van der Waals surface area contributed by atoms with Gasteiger partial charge in [0.2, 0.25) is 10.0 Å². The highest BCUT2D eigenvalue weighted by Gasteiger charge is 2.35. The van der Waals surface area contributed by atoms with Gasteiger partial charge >= 0.3 is 0 Å². The molecule has 2 heterocycles. The summed E-state index contributed by atoms with van der Waals surface area (Å²) in [5, 5.41) is 9.68. The number of ether oxygens (including phenoxy) is 1. The fourth-order valence-electron chi connectivity index (χ4n) is 4.36. The molecule has 0 unspecified atom stereocenters. The lowest BCUT2D eigenvalue weighted by molar-refractivity contribution is 0.0387. The number of anilines is 1. The molecule has 0 saturated heterocycles. The fraction of sp³-hybridized carbons (Fsp3) is 0.385. The third-order valence-electron chi connectivity index (χ3n) is 6.76. The van der Waals surface area contributed by atoms with Crippen LogP contribution in [0.3, 0.4) is 0 Å². The predicted molar refractivity (Wildman–Crippen MR) is 148 cm³/mol. The Morgan fingerprint density at radius 3 is 2.50 bits per heavy atom. The minimum Gasteiger partial charge on any atom is -0.488 e. The number of hydrogen-bond donors (Lipinski definition) is 2. The molecule has 0 spiro atoms. The van der Waals surface area contributed by atoms with E-state index in [0.717, 1.165) is 0 Å². The maximum atomic E-state index is 13.6. The van der Waals surface area contributed by atoms with E-state index in [1.165, 1.54) is 63.7 Å². The number of aliphatic hydroxyl groups excluding tert-OH is 1. The predicted octanol–water partition coefficient (Wildman–Crippen LogP) is 1.76. The molecule has 1 aliphatic heterocycles. The molecule has 0 fully saturated rings. The average molecular weight is 592 g/mol. The summed E-state index contributed by atoms with van der Waals surface area (Å²) in [5.74, 6) is -0.601. The normalized spacial score (nSPS) is 18.9. The lowest BCUT2D eigenvalue weighted by Gasteiger charge is -2.38. The number of amides is 1. The lowest BCUT2D eigenvalue weighted by atomic mass is 9.99. The van der Waals surface area contributed by atoms with Crippen molar-refractivity contribution >= 4 is 31.6 Å². The van der Waals surface area contributed by atoms with Crippen LogP contribution in [-0.2, 0) is 27.1 Å². The summed E-state index contributed by atoms with van der Waals surface area (Å²) in [6, 6.07) is 11.8. The first-order chi connectivity index (χ1) is 18.8. The van der Waals surface area contributed by atoms with Crippen LogP contribution in [0.1, 0.15) is 24.2 Å². The molecule has 40 heavy (non-hydrogen) atoms. The first kappa shape index (κ1) is 29.5. The lowest BCUT2D eigenvalue weighted by Crippen LogP contribution is -2.50. The number of aliphatic hydroxyl groups is 1. The number of hydrogen-bond acceptors (Lipinski definition) is 8. The Kier molecular flexibility index (Phi) is 8.54. The smallest absolute Gasteiger partial charge is 0.280 e. The molecule has 1 amide bonds.